The molecular weight excluding hydrogens is 390 g/mol. The number of hydrogen-bond donors (Lipinski definition) is 2. The van der Waals surface area contributed by atoms with Gasteiger partial charge in [0.1, 0.15) is 5.75 Å². The van der Waals surface area contributed by atoms with Gasteiger partial charge in [-0.2, -0.15) is 19.6 Å². The Morgan fingerprint density at radius 1 is 1.16 bits per heavy atom. The summed E-state index contributed by atoms with van der Waals surface area (Å²) in [6.45, 7) is 5.12. The normalized spacial score (nSPS) is 22.7. The first-order valence-corrected chi connectivity index (χ1v) is 11.2. The maximum Gasteiger partial charge on any atom is 0.230 e. The summed E-state index contributed by atoms with van der Waals surface area (Å²) in [5.74, 6) is 2.01. The summed E-state index contributed by atoms with van der Waals surface area (Å²) in [7, 11) is 1.68. The first-order valence-electron chi connectivity index (χ1n) is 11.2. The van der Waals surface area contributed by atoms with E-state index in [1.807, 2.05) is 24.3 Å². The van der Waals surface area contributed by atoms with Crippen LogP contribution in [0.3, 0.4) is 0 Å². The Bertz CT molecular complexity index is 1070. The minimum Gasteiger partial charge on any atom is -0.497 e. The van der Waals surface area contributed by atoms with Gasteiger partial charge in [0.05, 0.1) is 12.8 Å². The van der Waals surface area contributed by atoms with E-state index in [4.69, 9.17) is 20.6 Å². The highest BCUT2D eigenvalue weighted by atomic mass is 16.5. The number of nitrogens with one attached hydrogen (secondary N) is 1. The summed E-state index contributed by atoms with van der Waals surface area (Å²) in [4.78, 5) is 11.8. The molecule has 2 aliphatic heterocycles. The van der Waals surface area contributed by atoms with Crippen molar-refractivity contribution in [2.45, 2.75) is 50.5 Å². The van der Waals surface area contributed by atoms with Crippen LogP contribution in [-0.4, -0.2) is 51.9 Å². The van der Waals surface area contributed by atoms with Gasteiger partial charge in [-0.1, -0.05) is 25.5 Å². The number of nitrogen functional groups attached to an aromatic ring is 1. The Kier molecular flexibility index (Phi) is 5.17. The van der Waals surface area contributed by atoms with Gasteiger partial charge in [-0.05, 0) is 49.9 Å². The second-order valence-corrected chi connectivity index (χ2v) is 8.91. The predicted molar refractivity (Wildman–Crippen MR) is 122 cm³/mol. The first kappa shape index (κ1) is 20.1. The van der Waals surface area contributed by atoms with E-state index in [0.717, 1.165) is 48.7 Å². The van der Waals surface area contributed by atoms with Crippen LogP contribution in [0, 0.1) is 0 Å². The van der Waals surface area contributed by atoms with E-state index in [2.05, 4.69) is 28.2 Å². The molecule has 0 bridgehead atoms. The number of rotatable bonds is 4. The van der Waals surface area contributed by atoms with Gasteiger partial charge in [0.2, 0.25) is 11.9 Å². The molecule has 8 heteroatoms. The molecule has 2 atom stereocenters. The molecule has 0 radical (unpaired) electrons. The minimum absolute atomic E-state index is 0.0874. The second-order valence-electron chi connectivity index (χ2n) is 8.91. The number of anilines is 2. The molecule has 0 amide bonds. The smallest absolute Gasteiger partial charge is 0.230 e. The SMILES string of the molecule is COc1cccc([C@H](C)c2cc3nc(N4CCCC5(CCCCN5)C4)nc(N)n3n2)c1. The van der Waals surface area contributed by atoms with E-state index in [9.17, 15) is 0 Å². The fourth-order valence-electron chi connectivity index (χ4n) is 5.03. The molecule has 164 valence electrons. The number of piperidine rings is 2. The summed E-state index contributed by atoms with van der Waals surface area (Å²) in [5.41, 5.74) is 9.29. The van der Waals surface area contributed by atoms with Crippen molar-refractivity contribution in [2.75, 3.05) is 37.4 Å². The average molecular weight is 422 g/mol. The third-order valence-electron chi connectivity index (χ3n) is 6.83. The average Bonchev–Trinajstić information content (AvgIpc) is 3.24. The van der Waals surface area contributed by atoms with Crippen LogP contribution in [0.1, 0.15) is 56.2 Å². The summed E-state index contributed by atoms with van der Waals surface area (Å²) in [6.07, 6.45) is 6.13. The molecule has 3 N–H and O–H groups in total. The Balaban J connectivity index is 1.44. The van der Waals surface area contributed by atoms with Crippen molar-refractivity contribution in [2.24, 2.45) is 0 Å². The lowest BCUT2D eigenvalue weighted by Crippen LogP contribution is -2.59. The van der Waals surface area contributed by atoms with E-state index in [-0.39, 0.29) is 11.5 Å². The zero-order chi connectivity index (χ0) is 21.4. The minimum atomic E-state index is 0.0874. The van der Waals surface area contributed by atoms with Gasteiger partial charge >= 0.3 is 0 Å². The van der Waals surface area contributed by atoms with Crippen molar-refractivity contribution in [1.82, 2.24) is 24.9 Å². The number of benzene rings is 1. The molecule has 4 heterocycles. The summed E-state index contributed by atoms with van der Waals surface area (Å²) < 4.78 is 7.02. The van der Waals surface area contributed by atoms with Crippen molar-refractivity contribution in [3.05, 3.63) is 41.6 Å². The molecule has 2 saturated heterocycles. The topological polar surface area (TPSA) is 93.6 Å². The molecule has 0 saturated carbocycles. The molecule has 2 aliphatic rings. The van der Waals surface area contributed by atoms with Gasteiger partial charge in [0.25, 0.3) is 0 Å². The molecule has 1 aromatic carbocycles. The van der Waals surface area contributed by atoms with Gasteiger partial charge in [0.15, 0.2) is 5.65 Å². The molecular formula is C23H31N7O. The van der Waals surface area contributed by atoms with E-state index < -0.39 is 0 Å². The van der Waals surface area contributed by atoms with E-state index in [0.29, 0.717) is 11.9 Å². The highest BCUT2D eigenvalue weighted by Crippen LogP contribution is 2.32. The molecule has 8 nitrogen and oxygen atoms in total. The number of aromatic nitrogens is 4. The van der Waals surface area contributed by atoms with E-state index >= 15 is 0 Å². The van der Waals surface area contributed by atoms with Crippen molar-refractivity contribution in [1.29, 1.82) is 0 Å². The number of nitrogens with zero attached hydrogens (tertiary/aromatic N) is 5. The lowest BCUT2D eigenvalue weighted by atomic mass is 9.82. The largest absolute Gasteiger partial charge is 0.497 e. The Labute approximate surface area is 182 Å². The van der Waals surface area contributed by atoms with Crippen LogP contribution in [0.4, 0.5) is 11.9 Å². The van der Waals surface area contributed by atoms with Crippen molar-refractivity contribution in [3.8, 4) is 5.75 Å². The molecule has 1 unspecified atom stereocenters. The molecule has 31 heavy (non-hydrogen) atoms. The van der Waals surface area contributed by atoms with Crippen molar-refractivity contribution < 1.29 is 4.74 Å². The monoisotopic (exact) mass is 421 g/mol. The van der Waals surface area contributed by atoms with Crippen molar-refractivity contribution in [3.63, 3.8) is 0 Å². The van der Waals surface area contributed by atoms with Crippen LogP contribution in [0.25, 0.3) is 5.65 Å². The van der Waals surface area contributed by atoms with E-state index in [1.165, 1.54) is 25.7 Å². The molecule has 2 aromatic heterocycles. The Hall–Kier alpha value is -2.87. The maximum atomic E-state index is 6.32. The van der Waals surface area contributed by atoms with Crippen molar-refractivity contribution >= 4 is 17.5 Å². The van der Waals surface area contributed by atoms with Gasteiger partial charge in [-0.25, -0.2) is 0 Å². The number of ether oxygens (including phenoxy) is 1. The number of fused-ring (bicyclic) bond motifs is 1. The third kappa shape index (κ3) is 3.80. The zero-order valence-corrected chi connectivity index (χ0v) is 18.3. The number of methoxy groups -OCH3 is 1. The molecule has 0 aliphatic carbocycles. The molecule has 3 aromatic rings. The third-order valence-corrected chi connectivity index (χ3v) is 6.83. The molecule has 5 rings (SSSR count). The lowest BCUT2D eigenvalue weighted by molar-refractivity contribution is 0.215. The molecule has 2 fully saturated rings. The maximum absolute atomic E-state index is 6.32. The fourth-order valence-corrected chi connectivity index (χ4v) is 5.03. The van der Waals surface area contributed by atoms with Crippen LogP contribution < -0.4 is 20.7 Å². The Morgan fingerprint density at radius 2 is 2.03 bits per heavy atom. The second kappa shape index (κ2) is 8.00. The number of hydrogen-bond acceptors (Lipinski definition) is 7. The molecule has 1 spiro atoms. The van der Waals surface area contributed by atoms with Crippen LogP contribution in [-0.2, 0) is 0 Å². The highest BCUT2D eigenvalue weighted by Gasteiger charge is 2.37. The summed E-state index contributed by atoms with van der Waals surface area (Å²) in [5, 5.41) is 8.48. The van der Waals surface area contributed by atoms with Gasteiger partial charge in [-0.3, -0.25) is 0 Å². The van der Waals surface area contributed by atoms with Gasteiger partial charge in [-0.15, -0.1) is 0 Å². The zero-order valence-electron chi connectivity index (χ0n) is 18.3. The quantitative estimate of drug-likeness (QED) is 0.669. The highest BCUT2D eigenvalue weighted by molar-refractivity contribution is 5.52. The lowest BCUT2D eigenvalue weighted by Gasteiger charge is -2.45. The Morgan fingerprint density at radius 3 is 2.84 bits per heavy atom. The predicted octanol–water partition coefficient (Wildman–Crippen LogP) is 2.98. The standard InChI is InChI=1S/C23H31N7O/c1-16(17-7-5-8-18(13-17)31-2)19-14-20-26-22(27-21(24)30(20)28-19)29-12-6-10-23(15-29)9-3-4-11-25-23/h5,7-8,13-14,16,25H,3-4,6,9-12,15H2,1-2H3,(H2,24,26,27)/t16-,23?/m0/s1. The van der Waals surface area contributed by atoms with Crippen LogP contribution in [0.15, 0.2) is 30.3 Å². The van der Waals surface area contributed by atoms with E-state index in [1.54, 1.807) is 11.6 Å². The van der Waals surface area contributed by atoms with Crippen LogP contribution in [0.2, 0.25) is 0 Å². The van der Waals surface area contributed by atoms with Gasteiger partial charge < -0.3 is 20.7 Å². The van der Waals surface area contributed by atoms with Crippen LogP contribution >= 0.6 is 0 Å². The van der Waals surface area contributed by atoms with Crippen LogP contribution in [0.5, 0.6) is 5.75 Å². The first-order chi connectivity index (χ1) is 15.1. The number of nitrogens with two attached hydrogens (primary N) is 1. The van der Waals surface area contributed by atoms with Gasteiger partial charge in [0, 0.05) is 30.6 Å². The summed E-state index contributed by atoms with van der Waals surface area (Å²) in [6, 6.07) is 10.1. The fraction of sp³-hybridized carbons (Fsp3) is 0.522. The summed E-state index contributed by atoms with van der Waals surface area (Å²) >= 11 is 0.